The molecule has 2 aliphatic rings. The Kier molecular flexibility index (Phi) is 5.65. The lowest BCUT2D eigenvalue weighted by Crippen LogP contribution is -2.49. The third-order valence-corrected chi connectivity index (χ3v) is 11.0. The lowest BCUT2D eigenvalue weighted by Gasteiger charge is -2.46. The van der Waals surface area contributed by atoms with Crippen molar-refractivity contribution in [2.24, 2.45) is 11.3 Å². The van der Waals surface area contributed by atoms with Gasteiger partial charge >= 0.3 is 0 Å². The molecule has 0 unspecified atom stereocenters. The largest absolute Gasteiger partial charge is 0.414 e. The summed E-state index contributed by atoms with van der Waals surface area (Å²) in [6.45, 7) is 15.4. The number of aliphatic hydroxyl groups is 1. The van der Waals surface area contributed by atoms with Crippen LogP contribution < -0.4 is 0 Å². The van der Waals surface area contributed by atoms with Crippen LogP contribution in [-0.2, 0) is 4.43 Å². The van der Waals surface area contributed by atoms with E-state index in [1.165, 1.54) is 38.5 Å². The first-order valence-corrected chi connectivity index (χ1v) is 12.7. The maximum atomic E-state index is 9.96. The molecule has 24 heavy (non-hydrogen) atoms. The first-order chi connectivity index (χ1) is 10.9. The second-order valence-corrected chi connectivity index (χ2v) is 15.0. The number of hydrogen-bond acceptors (Lipinski definition) is 2. The van der Waals surface area contributed by atoms with Crippen LogP contribution in [0.5, 0.6) is 0 Å². The minimum absolute atomic E-state index is 0.149. The van der Waals surface area contributed by atoms with Crippen molar-refractivity contribution in [3.8, 4) is 11.8 Å². The molecule has 2 rings (SSSR count). The molecule has 0 bridgehead atoms. The number of rotatable bonds is 3. The highest BCUT2D eigenvalue weighted by atomic mass is 28.4. The summed E-state index contributed by atoms with van der Waals surface area (Å²) >= 11 is 0. The van der Waals surface area contributed by atoms with Crippen LogP contribution in [0.15, 0.2) is 0 Å². The molecule has 3 atom stereocenters. The van der Waals surface area contributed by atoms with Gasteiger partial charge in [0.15, 0.2) is 8.32 Å². The molecular formula is C21H38O2Si. The van der Waals surface area contributed by atoms with E-state index in [1.54, 1.807) is 0 Å². The third kappa shape index (κ3) is 4.45. The summed E-state index contributed by atoms with van der Waals surface area (Å²) in [7, 11) is -1.73. The maximum absolute atomic E-state index is 9.96. The Bertz CT molecular complexity index is 501. The zero-order valence-corrected chi connectivity index (χ0v) is 18.0. The van der Waals surface area contributed by atoms with Crippen molar-refractivity contribution < 1.29 is 9.53 Å². The highest BCUT2D eigenvalue weighted by Crippen LogP contribution is 2.54. The molecule has 0 amide bonds. The standard InChI is InChI=1S/C21H38O2Si/c1-19(2,3)24(6,7)23-18-12-9-15-21(14-8-11-17(18)21)16-10-13-20(4,5)22/h17-18,22H,8-9,11-15H2,1-7H3/t17-,18+,21-/m0/s1. The zero-order chi connectivity index (χ0) is 18.2. The van der Waals surface area contributed by atoms with E-state index in [1.807, 2.05) is 13.8 Å². The molecule has 0 aliphatic heterocycles. The Morgan fingerprint density at radius 1 is 1.08 bits per heavy atom. The lowest BCUT2D eigenvalue weighted by atomic mass is 9.67. The number of fused-ring (bicyclic) bond motifs is 1. The summed E-state index contributed by atoms with van der Waals surface area (Å²) in [6.07, 6.45) is 8.35. The Labute approximate surface area is 150 Å². The van der Waals surface area contributed by atoms with Crippen LogP contribution in [0.4, 0.5) is 0 Å². The second kappa shape index (κ2) is 6.78. The summed E-state index contributed by atoms with van der Waals surface area (Å²) in [5, 5.41) is 10.2. The smallest absolute Gasteiger partial charge is 0.192 e. The topological polar surface area (TPSA) is 29.5 Å². The van der Waals surface area contributed by atoms with Crippen molar-refractivity contribution in [1.82, 2.24) is 0 Å². The van der Waals surface area contributed by atoms with Crippen LogP contribution in [0.2, 0.25) is 18.1 Å². The SMILES string of the molecule is CC(C)(O)CC#C[C@]12CCC[C@@H](O[Si](C)(C)C(C)(C)C)[C@@H]1CCC2. The second-order valence-electron chi connectivity index (χ2n) is 10.3. The van der Waals surface area contributed by atoms with E-state index in [4.69, 9.17) is 4.43 Å². The van der Waals surface area contributed by atoms with Gasteiger partial charge in [-0.15, -0.1) is 0 Å². The molecular weight excluding hydrogens is 312 g/mol. The van der Waals surface area contributed by atoms with Crippen molar-refractivity contribution >= 4 is 8.32 Å². The van der Waals surface area contributed by atoms with Crippen LogP contribution in [0.3, 0.4) is 0 Å². The van der Waals surface area contributed by atoms with Gasteiger partial charge in [-0.05, 0) is 64.1 Å². The van der Waals surface area contributed by atoms with E-state index in [0.29, 0.717) is 18.4 Å². The summed E-state index contributed by atoms with van der Waals surface area (Å²) in [6, 6.07) is 0. The molecule has 2 fully saturated rings. The number of hydrogen-bond donors (Lipinski definition) is 1. The minimum Gasteiger partial charge on any atom is -0.414 e. The quantitative estimate of drug-likeness (QED) is 0.537. The van der Waals surface area contributed by atoms with Crippen LogP contribution >= 0.6 is 0 Å². The van der Waals surface area contributed by atoms with E-state index in [0.717, 1.165) is 0 Å². The van der Waals surface area contributed by atoms with Gasteiger partial charge in [0.25, 0.3) is 0 Å². The predicted octanol–water partition coefficient (Wildman–Crippen LogP) is 5.51. The summed E-state index contributed by atoms with van der Waals surface area (Å²) < 4.78 is 6.85. The molecule has 0 aromatic rings. The summed E-state index contributed by atoms with van der Waals surface area (Å²) in [4.78, 5) is 0. The minimum atomic E-state index is -1.73. The van der Waals surface area contributed by atoms with Crippen molar-refractivity contribution in [2.45, 2.75) is 109 Å². The van der Waals surface area contributed by atoms with Gasteiger partial charge in [0.1, 0.15) is 0 Å². The molecule has 0 spiro atoms. The molecule has 2 aliphatic carbocycles. The van der Waals surface area contributed by atoms with Crippen molar-refractivity contribution in [2.75, 3.05) is 0 Å². The highest BCUT2D eigenvalue weighted by Gasteiger charge is 2.50. The molecule has 0 aromatic heterocycles. The monoisotopic (exact) mass is 350 g/mol. The van der Waals surface area contributed by atoms with Crippen molar-refractivity contribution in [3.05, 3.63) is 0 Å². The van der Waals surface area contributed by atoms with Crippen LogP contribution in [0.1, 0.15) is 79.6 Å². The Hall–Kier alpha value is -0.303. The first kappa shape index (κ1) is 20.0. The fraction of sp³-hybridized carbons (Fsp3) is 0.905. The van der Waals surface area contributed by atoms with Gasteiger partial charge in [0.05, 0.1) is 5.60 Å². The Morgan fingerprint density at radius 2 is 1.67 bits per heavy atom. The molecule has 2 saturated carbocycles. The van der Waals surface area contributed by atoms with Crippen molar-refractivity contribution in [3.63, 3.8) is 0 Å². The zero-order valence-electron chi connectivity index (χ0n) is 17.0. The van der Waals surface area contributed by atoms with Gasteiger partial charge in [-0.2, -0.15) is 0 Å². The molecule has 0 aromatic carbocycles. The van der Waals surface area contributed by atoms with Crippen molar-refractivity contribution in [1.29, 1.82) is 0 Å². The highest BCUT2D eigenvalue weighted by molar-refractivity contribution is 6.74. The van der Waals surface area contributed by atoms with Crippen LogP contribution in [0, 0.1) is 23.2 Å². The van der Waals surface area contributed by atoms with Crippen LogP contribution in [0.25, 0.3) is 0 Å². The van der Waals surface area contributed by atoms with Gasteiger partial charge in [-0.3, -0.25) is 0 Å². The summed E-state index contributed by atoms with van der Waals surface area (Å²) in [5.41, 5.74) is -0.542. The molecule has 0 radical (unpaired) electrons. The van der Waals surface area contributed by atoms with Gasteiger partial charge in [-0.25, -0.2) is 0 Å². The molecule has 0 saturated heterocycles. The lowest BCUT2D eigenvalue weighted by molar-refractivity contribution is 0.0291. The van der Waals surface area contributed by atoms with E-state index >= 15 is 0 Å². The molecule has 138 valence electrons. The van der Waals surface area contributed by atoms with E-state index < -0.39 is 13.9 Å². The van der Waals surface area contributed by atoms with E-state index in [2.05, 4.69) is 45.7 Å². The van der Waals surface area contributed by atoms with Gasteiger partial charge in [0, 0.05) is 23.9 Å². The maximum Gasteiger partial charge on any atom is 0.192 e. The molecule has 1 N–H and O–H groups in total. The Morgan fingerprint density at radius 3 is 2.21 bits per heavy atom. The average Bonchev–Trinajstić information content (AvgIpc) is 2.80. The normalized spacial score (nSPS) is 31.3. The van der Waals surface area contributed by atoms with E-state index in [9.17, 15) is 5.11 Å². The summed E-state index contributed by atoms with van der Waals surface area (Å²) in [5.74, 6) is 7.55. The molecule has 0 heterocycles. The van der Waals surface area contributed by atoms with Crippen LogP contribution in [-0.4, -0.2) is 25.1 Å². The Balaban J connectivity index is 2.17. The van der Waals surface area contributed by atoms with Gasteiger partial charge in [0.2, 0.25) is 0 Å². The molecule has 3 heteroatoms. The average molecular weight is 351 g/mol. The van der Waals surface area contributed by atoms with Gasteiger partial charge < -0.3 is 9.53 Å². The first-order valence-electron chi connectivity index (χ1n) is 9.77. The van der Waals surface area contributed by atoms with E-state index in [-0.39, 0.29) is 10.5 Å². The fourth-order valence-corrected chi connectivity index (χ4v) is 5.51. The predicted molar refractivity (Wildman–Crippen MR) is 104 cm³/mol. The molecule has 2 nitrogen and oxygen atoms in total. The fourth-order valence-electron chi connectivity index (χ4n) is 4.12. The van der Waals surface area contributed by atoms with Gasteiger partial charge in [-0.1, -0.05) is 39.0 Å². The third-order valence-electron chi connectivity index (χ3n) is 6.52.